The van der Waals surface area contributed by atoms with Crippen molar-refractivity contribution in [3.63, 3.8) is 0 Å². The third-order valence-electron chi connectivity index (χ3n) is 1.43. The van der Waals surface area contributed by atoms with Gasteiger partial charge in [0.2, 0.25) is 0 Å². The molecule has 8 heteroatoms. The summed E-state index contributed by atoms with van der Waals surface area (Å²) in [5.74, 6) is 0.0926. The van der Waals surface area contributed by atoms with Crippen LogP contribution in [0, 0.1) is 0 Å². The lowest BCUT2D eigenvalue weighted by atomic mass is 10.1. The Morgan fingerprint density at radius 1 is 1.25 bits per heavy atom. The Morgan fingerprint density at radius 3 is 2.12 bits per heavy atom. The zero-order chi connectivity index (χ0) is 12.8. The molecular formula is C8H12O7S. The smallest absolute Gasteiger partial charge is 0.394 e. The summed E-state index contributed by atoms with van der Waals surface area (Å²) in [5.41, 5.74) is 0.521. The van der Waals surface area contributed by atoms with E-state index in [-0.39, 0.29) is 12.4 Å². The van der Waals surface area contributed by atoms with E-state index in [0.29, 0.717) is 5.56 Å². The summed E-state index contributed by atoms with van der Waals surface area (Å²) in [5, 5.41) is 26.6. The Hall–Kier alpha value is -1.19. The molecule has 0 spiro atoms. The lowest BCUT2D eigenvalue weighted by molar-refractivity contribution is 0.0954. The van der Waals surface area contributed by atoms with Crippen molar-refractivity contribution in [3.05, 3.63) is 29.8 Å². The highest BCUT2D eigenvalue weighted by molar-refractivity contribution is 7.79. The van der Waals surface area contributed by atoms with Gasteiger partial charge in [-0.2, -0.15) is 8.42 Å². The molecule has 92 valence electrons. The van der Waals surface area contributed by atoms with Gasteiger partial charge in [0, 0.05) is 0 Å². The first kappa shape index (κ1) is 14.8. The standard InChI is InChI=1S/C8H10O3.H2O4S/c9-5-8(11)6-2-1-3-7(10)4-6;1-5(2,3)4/h1-4,8-11H,5H2;(H2,1,2,3,4). The second kappa shape index (κ2) is 6.40. The van der Waals surface area contributed by atoms with Gasteiger partial charge in [-0.15, -0.1) is 0 Å². The fraction of sp³-hybridized carbons (Fsp3) is 0.250. The summed E-state index contributed by atoms with van der Waals surface area (Å²) < 4.78 is 31.6. The maximum atomic E-state index is 9.09. The van der Waals surface area contributed by atoms with Crippen molar-refractivity contribution in [1.82, 2.24) is 0 Å². The first-order chi connectivity index (χ1) is 7.24. The molecule has 16 heavy (non-hydrogen) atoms. The third-order valence-corrected chi connectivity index (χ3v) is 1.43. The van der Waals surface area contributed by atoms with Gasteiger partial charge < -0.3 is 15.3 Å². The van der Waals surface area contributed by atoms with Crippen LogP contribution in [0.3, 0.4) is 0 Å². The molecule has 1 rings (SSSR count). The van der Waals surface area contributed by atoms with E-state index in [1.807, 2.05) is 0 Å². The molecule has 0 aliphatic rings. The number of phenolic OH excluding ortho intramolecular Hbond substituents is 1. The Morgan fingerprint density at radius 2 is 1.75 bits per heavy atom. The largest absolute Gasteiger partial charge is 0.508 e. The maximum Gasteiger partial charge on any atom is 0.394 e. The molecule has 0 aliphatic heterocycles. The molecule has 0 aromatic heterocycles. The zero-order valence-corrected chi connectivity index (χ0v) is 8.87. The van der Waals surface area contributed by atoms with Gasteiger partial charge in [-0.3, -0.25) is 9.11 Å². The second-order valence-electron chi connectivity index (χ2n) is 2.74. The van der Waals surface area contributed by atoms with E-state index < -0.39 is 16.5 Å². The summed E-state index contributed by atoms with van der Waals surface area (Å²) in [6, 6.07) is 6.18. The molecule has 1 unspecified atom stereocenters. The van der Waals surface area contributed by atoms with E-state index in [0.717, 1.165) is 0 Å². The van der Waals surface area contributed by atoms with Gasteiger partial charge in [-0.1, -0.05) is 12.1 Å². The first-order valence-electron chi connectivity index (χ1n) is 4.01. The fourth-order valence-electron chi connectivity index (χ4n) is 0.837. The zero-order valence-electron chi connectivity index (χ0n) is 8.05. The molecule has 1 atom stereocenters. The van der Waals surface area contributed by atoms with Crippen molar-refractivity contribution in [2.45, 2.75) is 6.10 Å². The van der Waals surface area contributed by atoms with E-state index in [1.54, 1.807) is 12.1 Å². The van der Waals surface area contributed by atoms with Crippen LogP contribution in [-0.2, 0) is 10.4 Å². The van der Waals surface area contributed by atoms with Crippen LogP contribution >= 0.6 is 0 Å². The van der Waals surface area contributed by atoms with Crippen molar-refractivity contribution in [2.24, 2.45) is 0 Å². The van der Waals surface area contributed by atoms with Gasteiger partial charge >= 0.3 is 10.4 Å². The van der Waals surface area contributed by atoms with E-state index in [4.69, 9.17) is 32.8 Å². The SMILES string of the molecule is O=S(=O)(O)O.OCC(O)c1cccc(O)c1. The molecule has 0 amide bonds. The van der Waals surface area contributed by atoms with Gasteiger partial charge in [0.05, 0.1) is 6.61 Å². The van der Waals surface area contributed by atoms with Gasteiger partial charge in [0.15, 0.2) is 0 Å². The number of aliphatic hydroxyl groups excluding tert-OH is 2. The van der Waals surface area contributed by atoms with Gasteiger partial charge in [0.25, 0.3) is 0 Å². The molecule has 1 aromatic rings. The summed E-state index contributed by atoms with van der Waals surface area (Å²) in [7, 11) is -4.67. The van der Waals surface area contributed by atoms with Crippen LogP contribution in [0.15, 0.2) is 24.3 Å². The molecule has 0 fully saturated rings. The predicted molar refractivity (Wildman–Crippen MR) is 54.3 cm³/mol. The molecule has 0 heterocycles. The van der Waals surface area contributed by atoms with Crippen LogP contribution in [0.4, 0.5) is 0 Å². The summed E-state index contributed by atoms with van der Waals surface area (Å²) in [6.07, 6.45) is -0.901. The van der Waals surface area contributed by atoms with Crippen molar-refractivity contribution in [2.75, 3.05) is 6.61 Å². The topological polar surface area (TPSA) is 135 Å². The van der Waals surface area contributed by atoms with Gasteiger partial charge in [-0.05, 0) is 17.7 Å². The number of phenols is 1. The summed E-state index contributed by atoms with van der Waals surface area (Å²) in [4.78, 5) is 0. The molecule has 0 bridgehead atoms. The molecule has 1 aromatic carbocycles. The minimum absolute atomic E-state index is 0.0926. The van der Waals surface area contributed by atoms with E-state index in [9.17, 15) is 0 Å². The van der Waals surface area contributed by atoms with E-state index >= 15 is 0 Å². The highest BCUT2D eigenvalue weighted by Crippen LogP contribution is 2.16. The molecule has 0 saturated carbocycles. The Labute approximate surface area is 92.2 Å². The van der Waals surface area contributed by atoms with Crippen molar-refractivity contribution >= 4 is 10.4 Å². The molecular weight excluding hydrogens is 240 g/mol. The van der Waals surface area contributed by atoms with Crippen LogP contribution in [0.5, 0.6) is 5.75 Å². The number of benzene rings is 1. The number of aromatic hydroxyl groups is 1. The van der Waals surface area contributed by atoms with Gasteiger partial charge in [0.1, 0.15) is 11.9 Å². The Balaban J connectivity index is 0.000000385. The minimum Gasteiger partial charge on any atom is -0.508 e. The maximum absolute atomic E-state index is 9.09. The lowest BCUT2D eigenvalue weighted by Crippen LogP contribution is -2.01. The number of aliphatic hydroxyl groups is 2. The fourth-order valence-corrected chi connectivity index (χ4v) is 0.837. The molecule has 0 aliphatic carbocycles. The van der Waals surface area contributed by atoms with Crippen molar-refractivity contribution in [3.8, 4) is 5.75 Å². The van der Waals surface area contributed by atoms with Crippen LogP contribution in [0.2, 0.25) is 0 Å². The monoisotopic (exact) mass is 252 g/mol. The van der Waals surface area contributed by atoms with Crippen molar-refractivity contribution < 1.29 is 32.8 Å². The van der Waals surface area contributed by atoms with Crippen LogP contribution < -0.4 is 0 Å². The Kier molecular flexibility index (Phi) is 5.93. The number of hydrogen-bond donors (Lipinski definition) is 5. The molecule has 7 nitrogen and oxygen atoms in total. The predicted octanol–water partition coefficient (Wildman–Crippen LogP) is -0.235. The van der Waals surface area contributed by atoms with Crippen molar-refractivity contribution in [1.29, 1.82) is 0 Å². The highest BCUT2D eigenvalue weighted by Gasteiger charge is 2.04. The minimum atomic E-state index is -4.67. The lowest BCUT2D eigenvalue weighted by Gasteiger charge is -2.06. The van der Waals surface area contributed by atoms with E-state index in [1.165, 1.54) is 12.1 Å². The Bertz CT molecular complexity index is 406. The first-order valence-corrected chi connectivity index (χ1v) is 5.41. The highest BCUT2D eigenvalue weighted by atomic mass is 32.3. The molecule has 0 radical (unpaired) electrons. The van der Waals surface area contributed by atoms with Crippen LogP contribution in [-0.4, -0.2) is 39.4 Å². The third kappa shape index (κ3) is 8.15. The summed E-state index contributed by atoms with van der Waals surface area (Å²) in [6.45, 7) is -0.330. The number of hydrogen-bond acceptors (Lipinski definition) is 5. The number of rotatable bonds is 2. The van der Waals surface area contributed by atoms with Gasteiger partial charge in [-0.25, -0.2) is 0 Å². The second-order valence-corrected chi connectivity index (χ2v) is 3.64. The van der Waals surface area contributed by atoms with E-state index in [2.05, 4.69) is 0 Å². The van der Waals surface area contributed by atoms with Crippen LogP contribution in [0.25, 0.3) is 0 Å². The molecule has 5 N–H and O–H groups in total. The summed E-state index contributed by atoms with van der Waals surface area (Å²) >= 11 is 0. The quantitative estimate of drug-likeness (QED) is 0.458. The van der Waals surface area contributed by atoms with Crippen LogP contribution in [0.1, 0.15) is 11.7 Å². The average molecular weight is 252 g/mol. The normalized spacial score (nSPS) is 12.5. The average Bonchev–Trinajstić information content (AvgIpc) is 2.14. The molecule has 0 saturated heterocycles.